The lowest BCUT2D eigenvalue weighted by Gasteiger charge is -2.09. The van der Waals surface area contributed by atoms with Gasteiger partial charge in [-0.3, -0.25) is 0 Å². The number of rotatable bonds is 3. The first kappa shape index (κ1) is 16.2. The van der Waals surface area contributed by atoms with Crippen LogP contribution in [-0.4, -0.2) is 9.97 Å². The Morgan fingerprint density at radius 3 is 2.45 bits per heavy atom. The van der Waals surface area contributed by atoms with Gasteiger partial charge < -0.3 is 5.32 Å². The summed E-state index contributed by atoms with van der Waals surface area (Å²) in [7, 11) is 0. The van der Waals surface area contributed by atoms with Gasteiger partial charge in [-0.25, -0.2) is 9.97 Å². The molecule has 0 saturated carbocycles. The Kier molecular flexibility index (Phi) is 5.73. The van der Waals surface area contributed by atoms with Gasteiger partial charge in [0.25, 0.3) is 0 Å². The van der Waals surface area contributed by atoms with E-state index in [9.17, 15) is 0 Å². The van der Waals surface area contributed by atoms with Crippen molar-refractivity contribution in [2.24, 2.45) is 0 Å². The van der Waals surface area contributed by atoms with Crippen molar-refractivity contribution in [2.75, 3.05) is 5.32 Å². The Morgan fingerprint density at radius 2 is 1.73 bits per heavy atom. The summed E-state index contributed by atoms with van der Waals surface area (Å²) < 4.78 is 0. The van der Waals surface area contributed by atoms with Crippen molar-refractivity contribution >= 4 is 28.3 Å². The zero-order chi connectivity index (χ0) is 15.9. The summed E-state index contributed by atoms with van der Waals surface area (Å²) in [6, 6.07) is 14.0. The third kappa shape index (κ3) is 3.95. The lowest BCUT2D eigenvalue weighted by atomic mass is 10.1. The van der Waals surface area contributed by atoms with E-state index in [1.165, 1.54) is 5.56 Å². The highest BCUT2D eigenvalue weighted by Crippen LogP contribution is 2.21. The van der Waals surface area contributed by atoms with Crippen LogP contribution in [0.4, 0.5) is 5.82 Å². The molecule has 22 heavy (non-hydrogen) atoms. The van der Waals surface area contributed by atoms with Crippen LogP contribution in [0.3, 0.4) is 0 Å². The van der Waals surface area contributed by atoms with E-state index in [2.05, 4.69) is 34.3 Å². The van der Waals surface area contributed by atoms with E-state index in [0.29, 0.717) is 6.54 Å². The van der Waals surface area contributed by atoms with E-state index in [-0.39, 0.29) is 0 Å². The van der Waals surface area contributed by atoms with E-state index in [1.54, 1.807) is 6.33 Å². The van der Waals surface area contributed by atoms with Gasteiger partial charge in [0.1, 0.15) is 12.1 Å². The average Bonchev–Trinajstić information content (AvgIpc) is 2.56. The number of nitrogens with one attached hydrogen (secondary N) is 1. The molecule has 114 valence electrons. The molecule has 0 unspecified atom stereocenters. The maximum absolute atomic E-state index is 5.88. The Balaban J connectivity index is 0.000000847. The topological polar surface area (TPSA) is 37.8 Å². The number of hydrogen-bond acceptors (Lipinski definition) is 3. The van der Waals surface area contributed by atoms with E-state index in [0.717, 1.165) is 27.3 Å². The highest BCUT2D eigenvalue weighted by Gasteiger charge is 2.03. The summed E-state index contributed by atoms with van der Waals surface area (Å²) in [4.78, 5) is 8.61. The number of fused-ring (bicyclic) bond motifs is 1. The van der Waals surface area contributed by atoms with Crippen LogP contribution in [0, 0.1) is 6.92 Å². The van der Waals surface area contributed by atoms with Crippen LogP contribution < -0.4 is 5.32 Å². The summed E-state index contributed by atoms with van der Waals surface area (Å²) in [5.41, 5.74) is 3.31. The molecule has 3 rings (SSSR count). The normalized spacial score (nSPS) is 10.0. The summed E-state index contributed by atoms with van der Waals surface area (Å²) in [6.07, 6.45) is 1.59. The first-order chi connectivity index (χ1) is 10.7. The fourth-order valence-corrected chi connectivity index (χ4v) is 2.23. The third-order valence-electron chi connectivity index (χ3n) is 3.16. The fourth-order valence-electron chi connectivity index (χ4n) is 2.10. The highest BCUT2D eigenvalue weighted by atomic mass is 35.5. The Labute approximate surface area is 136 Å². The Morgan fingerprint density at radius 1 is 1.00 bits per heavy atom. The molecule has 1 aromatic heterocycles. The number of benzene rings is 2. The molecule has 0 spiro atoms. The van der Waals surface area contributed by atoms with Gasteiger partial charge >= 0.3 is 0 Å². The van der Waals surface area contributed by atoms with Gasteiger partial charge in [-0.1, -0.05) is 49.2 Å². The van der Waals surface area contributed by atoms with Crippen molar-refractivity contribution in [1.82, 2.24) is 9.97 Å². The molecule has 1 N–H and O–H groups in total. The van der Waals surface area contributed by atoms with E-state index < -0.39 is 0 Å². The third-order valence-corrected chi connectivity index (χ3v) is 3.42. The van der Waals surface area contributed by atoms with Crippen molar-refractivity contribution in [2.45, 2.75) is 27.3 Å². The molecule has 0 aliphatic rings. The smallest absolute Gasteiger partial charge is 0.137 e. The molecule has 0 bridgehead atoms. The van der Waals surface area contributed by atoms with Gasteiger partial charge in [-0.15, -0.1) is 0 Å². The molecular weight excluding hydrogens is 294 g/mol. The number of halogens is 1. The lowest BCUT2D eigenvalue weighted by molar-refractivity contribution is 1.10. The molecule has 0 aliphatic carbocycles. The number of hydrogen-bond donors (Lipinski definition) is 1. The van der Waals surface area contributed by atoms with Crippen LogP contribution in [0.15, 0.2) is 48.8 Å². The SMILES string of the molecule is CC.Cc1ccc2ncnc(NCc3ccc(Cl)cc3)c2c1. The summed E-state index contributed by atoms with van der Waals surface area (Å²) in [5, 5.41) is 5.15. The molecule has 0 fully saturated rings. The van der Waals surface area contributed by atoms with Crippen LogP contribution in [0.1, 0.15) is 25.0 Å². The second kappa shape index (κ2) is 7.76. The standard InChI is InChI=1S/C16H14ClN3.C2H6/c1-11-2-7-15-14(8-11)16(20-10-19-15)18-9-12-3-5-13(17)6-4-12;1-2/h2-8,10H,9H2,1H3,(H,18,19,20);1-2H3. The zero-order valence-corrected chi connectivity index (χ0v) is 13.9. The van der Waals surface area contributed by atoms with Gasteiger partial charge in [0.2, 0.25) is 0 Å². The maximum Gasteiger partial charge on any atom is 0.137 e. The molecule has 3 nitrogen and oxygen atoms in total. The lowest BCUT2D eigenvalue weighted by Crippen LogP contribution is -2.02. The second-order valence-corrected chi connectivity index (χ2v) is 5.16. The fraction of sp³-hybridized carbons (Fsp3) is 0.222. The molecule has 0 radical (unpaired) electrons. The van der Waals surface area contributed by atoms with Crippen molar-refractivity contribution in [3.63, 3.8) is 0 Å². The monoisotopic (exact) mass is 313 g/mol. The molecule has 1 heterocycles. The van der Waals surface area contributed by atoms with Crippen LogP contribution >= 0.6 is 11.6 Å². The average molecular weight is 314 g/mol. The van der Waals surface area contributed by atoms with E-state index >= 15 is 0 Å². The summed E-state index contributed by atoms with van der Waals surface area (Å²) >= 11 is 5.88. The minimum atomic E-state index is 0.706. The van der Waals surface area contributed by atoms with Crippen LogP contribution in [0.25, 0.3) is 10.9 Å². The van der Waals surface area contributed by atoms with Crippen molar-refractivity contribution in [3.05, 3.63) is 64.9 Å². The maximum atomic E-state index is 5.88. The minimum absolute atomic E-state index is 0.706. The molecule has 3 aromatic rings. The van der Waals surface area contributed by atoms with E-state index in [1.807, 2.05) is 44.2 Å². The molecule has 0 aliphatic heterocycles. The Bertz CT molecular complexity index is 739. The van der Waals surface area contributed by atoms with Gasteiger partial charge in [0, 0.05) is 17.0 Å². The number of anilines is 1. The summed E-state index contributed by atoms with van der Waals surface area (Å²) in [5.74, 6) is 0.855. The molecule has 2 aromatic carbocycles. The number of aryl methyl sites for hydroxylation is 1. The van der Waals surface area contributed by atoms with Crippen molar-refractivity contribution < 1.29 is 0 Å². The van der Waals surface area contributed by atoms with Crippen molar-refractivity contribution in [3.8, 4) is 0 Å². The summed E-state index contributed by atoms with van der Waals surface area (Å²) in [6.45, 7) is 6.77. The zero-order valence-electron chi connectivity index (χ0n) is 13.1. The second-order valence-electron chi connectivity index (χ2n) is 4.72. The highest BCUT2D eigenvalue weighted by molar-refractivity contribution is 6.30. The molecule has 0 amide bonds. The molecule has 4 heteroatoms. The van der Waals surface area contributed by atoms with Crippen molar-refractivity contribution in [1.29, 1.82) is 0 Å². The van der Waals surface area contributed by atoms with Crippen LogP contribution in [0.2, 0.25) is 5.02 Å². The first-order valence-electron chi connectivity index (χ1n) is 7.42. The van der Waals surface area contributed by atoms with Gasteiger partial charge in [0.15, 0.2) is 0 Å². The predicted octanol–water partition coefficient (Wildman–Crippen LogP) is 5.23. The molecule has 0 saturated heterocycles. The van der Waals surface area contributed by atoms with Gasteiger partial charge in [-0.2, -0.15) is 0 Å². The van der Waals surface area contributed by atoms with Gasteiger partial charge in [-0.05, 0) is 36.8 Å². The number of nitrogens with zero attached hydrogens (tertiary/aromatic N) is 2. The van der Waals surface area contributed by atoms with E-state index in [4.69, 9.17) is 11.6 Å². The largest absolute Gasteiger partial charge is 0.365 e. The quantitative estimate of drug-likeness (QED) is 0.719. The van der Waals surface area contributed by atoms with Gasteiger partial charge in [0.05, 0.1) is 5.52 Å². The molecular formula is C18H20ClN3. The molecule has 0 atom stereocenters. The Hall–Kier alpha value is -2.13. The number of aromatic nitrogens is 2. The van der Waals surface area contributed by atoms with Crippen LogP contribution in [-0.2, 0) is 6.54 Å². The first-order valence-corrected chi connectivity index (χ1v) is 7.80. The predicted molar refractivity (Wildman–Crippen MR) is 94.4 cm³/mol. The minimum Gasteiger partial charge on any atom is -0.365 e. The van der Waals surface area contributed by atoms with Crippen LogP contribution in [0.5, 0.6) is 0 Å².